The summed E-state index contributed by atoms with van der Waals surface area (Å²) in [5, 5.41) is 12.4. The van der Waals surface area contributed by atoms with Crippen LogP contribution in [0.25, 0.3) is 0 Å². The highest BCUT2D eigenvalue weighted by molar-refractivity contribution is 5.81. The Morgan fingerprint density at radius 3 is 2.08 bits per heavy atom. The van der Waals surface area contributed by atoms with Gasteiger partial charge < -0.3 is 10.4 Å². The summed E-state index contributed by atoms with van der Waals surface area (Å²) in [7, 11) is 0. The van der Waals surface area contributed by atoms with Crippen LogP contribution in [0.3, 0.4) is 0 Å². The number of hydrogen-bond acceptors (Lipinski definition) is 3. The minimum Gasteiger partial charge on any atom is -0.396 e. The first-order valence-electron chi connectivity index (χ1n) is 9.39. The van der Waals surface area contributed by atoms with Crippen molar-refractivity contribution in [2.24, 2.45) is 11.8 Å². The number of aliphatic hydroxyl groups is 1. The van der Waals surface area contributed by atoms with E-state index in [2.05, 4.69) is 65.7 Å². The fourth-order valence-corrected chi connectivity index (χ4v) is 3.93. The standard InChI is InChI=1S/C22H28N2O2/c1-17(21-14-23-22(26)20(21)12-13-25)24(15-18-8-4-2-5-9-18)16-19-10-6-3-7-11-19/h2-11,17,20-21,25H,12-16H2,1H3,(H,23,26)/t17-,20-,21+/m0/s1. The summed E-state index contributed by atoms with van der Waals surface area (Å²) >= 11 is 0. The van der Waals surface area contributed by atoms with Gasteiger partial charge in [0.05, 0.1) is 0 Å². The Kier molecular flexibility index (Phi) is 6.42. The minimum atomic E-state index is -0.107. The zero-order valence-corrected chi connectivity index (χ0v) is 15.3. The van der Waals surface area contributed by atoms with Crippen molar-refractivity contribution in [3.63, 3.8) is 0 Å². The lowest BCUT2D eigenvalue weighted by Gasteiger charge is -2.35. The van der Waals surface area contributed by atoms with Crippen LogP contribution >= 0.6 is 0 Å². The number of nitrogens with zero attached hydrogens (tertiary/aromatic N) is 1. The van der Waals surface area contributed by atoms with E-state index in [0.29, 0.717) is 13.0 Å². The van der Waals surface area contributed by atoms with E-state index in [-0.39, 0.29) is 30.4 Å². The lowest BCUT2D eigenvalue weighted by molar-refractivity contribution is -0.123. The Labute approximate surface area is 155 Å². The summed E-state index contributed by atoms with van der Waals surface area (Å²) in [6.45, 7) is 4.63. The van der Waals surface area contributed by atoms with Gasteiger partial charge in [-0.2, -0.15) is 0 Å². The van der Waals surface area contributed by atoms with E-state index in [1.54, 1.807) is 0 Å². The Balaban J connectivity index is 1.80. The monoisotopic (exact) mass is 352 g/mol. The number of amides is 1. The van der Waals surface area contributed by atoms with Crippen LogP contribution in [0.2, 0.25) is 0 Å². The summed E-state index contributed by atoms with van der Waals surface area (Å²) in [5.74, 6) is 0.182. The molecule has 3 rings (SSSR count). The van der Waals surface area contributed by atoms with Crippen molar-refractivity contribution in [1.29, 1.82) is 0 Å². The van der Waals surface area contributed by atoms with Crippen LogP contribution in [0.5, 0.6) is 0 Å². The molecular weight excluding hydrogens is 324 g/mol. The summed E-state index contributed by atoms with van der Waals surface area (Å²) in [5.41, 5.74) is 2.54. The van der Waals surface area contributed by atoms with Crippen LogP contribution < -0.4 is 5.32 Å². The van der Waals surface area contributed by atoms with Gasteiger partial charge in [-0.05, 0) is 24.5 Å². The van der Waals surface area contributed by atoms with E-state index in [4.69, 9.17) is 0 Å². The molecule has 0 saturated carbocycles. The number of carbonyl (C=O) groups excluding carboxylic acids is 1. The zero-order valence-electron chi connectivity index (χ0n) is 15.3. The average Bonchev–Trinajstić information content (AvgIpc) is 3.03. The minimum absolute atomic E-state index is 0.0542. The Bertz CT molecular complexity index is 648. The second-order valence-electron chi connectivity index (χ2n) is 7.14. The summed E-state index contributed by atoms with van der Waals surface area (Å²) in [4.78, 5) is 14.6. The molecule has 1 heterocycles. The number of aliphatic hydroxyl groups excluding tert-OH is 1. The number of benzene rings is 2. The smallest absolute Gasteiger partial charge is 0.223 e. The van der Waals surface area contributed by atoms with E-state index in [1.807, 2.05) is 12.1 Å². The molecule has 1 aliphatic rings. The van der Waals surface area contributed by atoms with E-state index in [1.165, 1.54) is 11.1 Å². The molecule has 1 amide bonds. The van der Waals surface area contributed by atoms with Gasteiger partial charge in [-0.15, -0.1) is 0 Å². The van der Waals surface area contributed by atoms with Crippen molar-refractivity contribution >= 4 is 5.91 Å². The van der Waals surface area contributed by atoms with E-state index >= 15 is 0 Å². The molecule has 1 fully saturated rings. The molecule has 3 atom stereocenters. The molecule has 26 heavy (non-hydrogen) atoms. The molecule has 0 radical (unpaired) electrons. The molecule has 2 aromatic rings. The van der Waals surface area contributed by atoms with Crippen LogP contribution in [-0.4, -0.2) is 35.1 Å². The molecule has 0 aliphatic carbocycles. The van der Waals surface area contributed by atoms with Crippen molar-refractivity contribution in [3.05, 3.63) is 71.8 Å². The van der Waals surface area contributed by atoms with Crippen LogP contribution in [0, 0.1) is 11.8 Å². The van der Waals surface area contributed by atoms with E-state index in [0.717, 1.165) is 13.1 Å². The molecule has 4 nitrogen and oxygen atoms in total. The molecule has 4 heteroatoms. The molecule has 0 bridgehead atoms. The maximum absolute atomic E-state index is 12.2. The third-order valence-corrected chi connectivity index (χ3v) is 5.46. The lowest BCUT2D eigenvalue weighted by Crippen LogP contribution is -2.41. The predicted molar refractivity (Wildman–Crippen MR) is 103 cm³/mol. The van der Waals surface area contributed by atoms with Crippen LogP contribution in [0.4, 0.5) is 0 Å². The number of rotatable bonds is 8. The molecule has 1 aliphatic heterocycles. The first-order chi connectivity index (χ1) is 12.7. The third kappa shape index (κ3) is 4.51. The number of hydrogen-bond donors (Lipinski definition) is 2. The Morgan fingerprint density at radius 1 is 1.04 bits per heavy atom. The van der Waals surface area contributed by atoms with Crippen LogP contribution in [0.1, 0.15) is 24.5 Å². The van der Waals surface area contributed by atoms with Crippen molar-refractivity contribution in [3.8, 4) is 0 Å². The highest BCUT2D eigenvalue weighted by atomic mass is 16.3. The van der Waals surface area contributed by atoms with Gasteiger partial charge in [-0.1, -0.05) is 60.7 Å². The highest BCUT2D eigenvalue weighted by Crippen LogP contribution is 2.29. The average molecular weight is 352 g/mol. The van der Waals surface area contributed by atoms with E-state index in [9.17, 15) is 9.90 Å². The lowest BCUT2D eigenvalue weighted by atomic mass is 9.86. The first kappa shape index (κ1) is 18.6. The highest BCUT2D eigenvalue weighted by Gasteiger charge is 2.39. The van der Waals surface area contributed by atoms with E-state index < -0.39 is 0 Å². The maximum atomic E-state index is 12.2. The predicted octanol–water partition coefficient (Wildman–Crippen LogP) is 2.82. The van der Waals surface area contributed by atoms with Crippen molar-refractivity contribution in [2.45, 2.75) is 32.5 Å². The molecule has 2 aromatic carbocycles. The fraction of sp³-hybridized carbons (Fsp3) is 0.409. The topological polar surface area (TPSA) is 52.6 Å². The van der Waals surface area contributed by atoms with Gasteiger partial charge in [-0.25, -0.2) is 0 Å². The second kappa shape index (κ2) is 8.97. The largest absolute Gasteiger partial charge is 0.396 e. The molecule has 1 saturated heterocycles. The zero-order chi connectivity index (χ0) is 18.4. The quantitative estimate of drug-likeness (QED) is 0.768. The van der Waals surface area contributed by atoms with Gasteiger partial charge in [0, 0.05) is 44.1 Å². The van der Waals surface area contributed by atoms with Crippen LogP contribution in [0.15, 0.2) is 60.7 Å². The molecule has 0 unspecified atom stereocenters. The normalized spacial score (nSPS) is 21.0. The molecule has 138 valence electrons. The Morgan fingerprint density at radius 2 is 1.58 bits per heavy atom. The van der Waals surface area contributed by atoms with Gasteiger partial charge in [0.15, 0.2) is 0 Å². The summed E-state index contributed by atoms with van der Waals surface area (Å²) < 4.78 is 0. The summed E-state index contributed by atoms with van der Waals surface area (Å²) in [6.07, 6.45) is 0.533. The first-order valence-corrected chi connectivity index (χ1v) is 9.39. The third-order valence-electron chi connectivity index (χ3n) is 5.46. The maximum Gasteiger partial charge on any atom is 0.223 e. The molecule has 0 spiro atoms. The molecule has 2 N–H and O–H groups in total. The van der Waals surface area contributed by atoms with Crippen molar-refractivity contribution in [1.82, 2.24) is 10.2 Å². The second-order valence-corrected chi connectivity index (χ2v) is 7.14. The fourth-order valence-electron chi connectivity index (χ4n) is 3.93. The van der Waals surface area contributed by atoms with Crippen molar-refractivity contribution < 1.29 is 9.90 Å². The SMILES string of the molecule is C[C@@H]([C@H]1CNC(=O)[C@H]1CCO)N(Cc1ccccc1)Cc1ccccc1. The molecule has 0 aromatic heterocycles. The number of nitrogens with one attached hydrogen (secondary N) is 1. The van der Waals surface area contributed by atoms with Gasteiger partial charge >= 0.3 is 0 Å². The van der Waals surface area contributed by atoms with Gasteiger partial charge in [0.1, 0.15) is 0 Å². The number of carbonyl (C=O) groups is 1. The molecular formula is C22H28N2O2. The summed E-state index contributed by atoms with van der Waals surface area (Å²) in [6, 6.07) is 21.1. The Hall–Kier alpha value is -2.17. The van der Waals surface area contributed by atoms with Gasteiger partial charge in [-0.3, -0.25) is 9.69 Å². The van der Waals surface area contributed by atoms with Crippen molar-refractivity contribution in [2.75, 3.05) is 13.2 Å². The van der Waals surface area contributed by atoms with Crippen LogP contribution in [-0.2, 0) is 17.9 Å². The van der Waals surface area contributed by atoms with Gasteiger partial charge in [0.2, 0.25) is 5.91 Å². The van der Waals surface area contributed by atoms with Gasteiger partial charge in [0.25, 0.3) is 0 Å².